The van der Waals surface area contributed by atoms with Crippen molar-refractivity contribution in [2.45, 2.75) is 42.6 Å². The standard InChI is InChI=1S/C11H18N2S3/c1-6(12)9-4-15-11(13-9)10-5-14-7(2)8(3)16-10/h4,6-8,10H,5,12H2,1-3H3. The van der Waals surface area contributed by atoms with Gasteiger partial charge in [0.1, 0.15) is 5.01 Å². The van der Waals surface area contributed by atoms with Crippen molar-refractivity contribution in [2.24, 2.45) is 5.73 Å². The molecule has 0 spiro atoms. The number of nitrogens with two attached hydrogens (primary N) is 1. The molecule has 16 heavy (non-hydrogen) atoms. The largest absolute Gasteiger partial charge is 0.323 e. The van der Waals surface area contributed by atoms with Gasteiger partial charge in [-0.25, -0.2) is 4.98 Å². The molecular formula is C11H18N2S3. The zero-order valence-corrected chi connectivity index (χ0v) is 12.3. The van der Waals surface area contributed by atoms with Gasteiger partial charge in [-0.3, -0.25) is 0 Å². The van der Waals surface area contributed by atoms with E-state index in [1.165, 1.54) is 10.8 Å². The molecule has 1 fully saturated rings. The molecule has 1 aromatic rings. The van der Waals surface area contributed by atoms with Crippen LogP contribution in [-0.4, -0.2) is 21.2 Å². The highest BCUT2D eigenvalue weighted by atomic mass is 32.2. The Balaban J connectivity index is 2.07. The normalized spacial score (nSPS) is 32.6. The highest BCUT2D eigenvalue weighted by molar-refractivity contribution is 8.07. The molecule has 4 unspecified atom stereocenters. The van der Waals surface area contributed by atoms with Crippen molar-refractivity contribution < 1.29 is 0 Å². The lowest BCUT2D eigenvalue weighted by Gasteiger charge is -2.30. The first-order valence-electron chi connectivity index (χ1n) is 5.56. The van der Waals surface area contributed by atoms with Gasteiger partial charge in [-0.1, -0.05) is 13.8 Å². The maximum absolute atomic E-state index is 5.84. The SMILES string of the molecule is CC(N)c1csc(C2CSC(C)C(C)S2)n1. The summed E-state index contributed by atoms with van der Waals surface area (Å²) in [4.78, 5) is 4.65. The highest BCUT2D eigenvalue weighted by Crippen LogP contribution is 2.45. The van der Waals surface area contributed by atoms with E-state index in [0.717, 1.165) is 10.9 Å². The van der Waals surface area contributed by atoms with E-state index in [1.54, 1.807) is 11.3 Å². The molecule has 1 aromatic heterocycles. The summed E-state index contributed by atoms with van der Waals surface area (Å²) < 4.78 is 0. The fourth-order valence-corrected chi connectivity index (χ4v) is 5.71. The van der Waals surface area contributed by atoms with Crippen LogP contribution in [0, 0.1) is 0 Å². The van der Waals surface area contributed by atoms with Crippen LogP contribution in [0.5, 0.6) is 0 Å². The van der Waals surface area contributed by atoms with Gasteiger partial charge in [0, 0.05) is 27.7 Å². The van der Waals surface area contributed by atoms with Gasteiger partial charge in [-0.05, 0) is 6.92 Å². The second kappa shape index (κ2) is 5.29. The van der Waals surface area contributed by atoms with E-state index in [4.69, 9.17) is 5.73 Å². The Bertz CT molecular complexity index is 351. The van der Waals surface area contributed by atoms with E-state index in [-0.39, 0.29) is 6.04 Å². The Morgan fingerprint density at radius 3 is 2.75 bits per heavy atom. The summed E-state index contributed by atoms with van der Waals surface area (Å²) >= 11 is 5.88. The van der Waals surface area contributed by atoms with Gasteiger partial charge >= 0.3 is 0 Å². The minimum Gasteiger partial charge on any atom is -0.323 e. The smallest absolute Gasteiger partial charge is 0.107 e. The summed E-state index contributed by atoms with van der Waals surface area (Å²) in [7, 11) is 0. The minimum absolute atomic E-state index is 0.0580. The molecule has 0 aliphatic carbocycles. The van der Waals surface area contributed by atoms with Crippen LogP contribution in [0.4, 0.5) is 0 Å². The number of nitrogens with zero attached hydrogens (tertiary/aromatic N) is 1. The zero-order valence-electron chi connectivity index (χ0n) is 9.84. The molecule has 2 heterocycles. The van der Waals surface area contributed by atoms with E-state index >= 15 is 0 Å². The lowest BCUT2D eigenvalue weighted by atomic mass is 10.3. The predicted octanol–water partition coefficient (Wildman–Crippen LogP) is 3.46. The van der Waals surface area contributed by atoms with Crippen molar-refractivity contribution in [3.05, 3.63) is 16.1 Å². The van der Waals surface area contributed by atoms with Gasteiger partial charge < -0.3 is 5.73 Å². The van der Waals surface area contributed by atoms with Crippen molar-refractivity contribution in [3.8, 4) is 0 Å². The maximum atomic E-state index is 5.84. The lowest BCUT2D eigenvalue weighted by molar-refractivity contribution is 0.780. The molecule has 4 atom stereocenters. The van der Waals surface area contributed by atoms with Crippen molar-refractivity contribution in [3.63, 3.8) is 0 Å². The van der Waals surface area contributed by atoms with Crippen LogP contribution < -0.4 is 5.73 Å². The monoisotopic (exact) mass is 274 g/mol. The van der Waals surface area contributed by atoms with E-state index < -0.39 is 0 Å². The van der Waals surface area contributed by atoms with Crippen LogP contribution in [0.1, 0.15) is 42.8 Å². The van der Waals surface area contributed by atoms with E-state index in [9.17, 15) is 0 Å². The number of hydrogen-bond acceptors (Lipinski definition) is 5. The fourth-order valence-electron chi connectivity index (χ4n) is 1.57. The van der Waals surface area contributed by atoms with Crippen LogP contribution >= 0.6 is 34.9 Å². The van der Waals surface area contributed by atoms with Crippen molar-refractivity contribution in [1.29, 1.82) is 0 Å². The van der Waals surface area contributed by atoms with E-state index in [1.807, 2.05) is 6.92 Å². The average molecular weight is 274 g/mol. The molecular weight excluding hydrogens is 256 g/mol. The molecule has 2 rings (SSSR count). The molecule has 0 aromatic carbocycles. The Morgan fingerprint density at radius 1 is 1.44 bits per heavy atom. The van der Waals surface area contributed by atoms with Crippen molar-refractivity contribution in [2.75, 3.05) is 5.75 Å². The summed E-state index contributed by atoms with van der Waals surface area (Å²) in [6.07, 6.45) is 0. The van der Waals surface area contributed by atoms with Gasteiger partial charge in [0.2, 0.25) is 0 Å². The lowest BCUT2D eigenvalue weighted by Crippen LogP contribution is -2.21. The topological polar surface area (TPSA) is 38.9 Å². The molecule has 0 saturated carbocycles. The van der Waals surface area contributed by atoms with Crippen molar-refractivity contribution >= 4 is 34.9 Å². The Morgan fingerprint density at radius 2 is 2.19 bits per heavy atom. The summed E-state index contributed by atoms with van der Waals surface area (Å²) in [5, 5.41) is 5.39. The number of thiazole rings is 1. The molecule has 2 N–H and O–H groups in total. The molecule has 1 aliphatic rings. The van der Waals surface area contributed by atoms with Gasteiger partial charge in [-0.15, -0.1) is 23.1 Å². The van der Waals surface area contributed by atoms with Gasteiger partial charge in [0.25, 0.3) is 0 Å². The van der Waals surface area contributed by atoms with Crippen LogP contribution in [0.15, 0.2) is 5.38 Å². The van der Waals surface area contributed by atoms with Crippen LogP contribution in [-0.2, 0) is 0 Å². The average Bonchev–Trinajstić information content (AvgIpc) is 2.71. The van der Waals surface area contributed by atoms with Crippen LogP contribution in [0.25, 0.3) is 0 Å². The molecule has 0 bridgehead atoms. The first kappa shape index (κ1) is 12.7. The highest BCUT2D eigenvalue weighted by Gasteiger charge is 2.28. The first-order chi connectivity index (χ1) is 7.58. The second-order valence-electron chi connectivity index (χ2n) is 4.27. The van der Waals surface area contributed by atoms with Crippen molar-refractivity contribution in [1.82, 2.24) is 4.98 Å². The second-order valence-corrected chi connectivity index (χ2v) is 8.15. The van der Waals surface area contributed by atoms with Gasteiger partial charge in [-0.2, -0.15) is 11.8 Å². The number of thioether (sulfide) groups is 2. The quantitative estimate of drug-likeness (QED) is 0.896. The molecule has 0 radical (unpaired) electrons. The minimum atomic E-state index is 0.0580. The molecule has 5 heteroatoms. The summed E-state index contributed by atoms with van der Waals surface area (Å²) in [5.74, 6) is 1.18. The molecule has 90 valence electrons. The third-order valence-corrected chi connectivity index (χ3v) is 7.36. The summed E-state index contributed by atoms with van der Waals surface area (Å²) in [5.41, 5.74) is 6.88. The zero-order chi connectivity index (χ0) is 11.7. The van der Waals surface area contributed by atoms with E-state index in [0.29, 0.717) is 10.5 Å². The fraction of sp³-hybridized carbons (Fsp3) is 0.727. The van der Waals surface area contributed by atoms with E-state index in [2.05, 4.69) is 47.7 Å². The molecule has 0 amide bonds. The first-order valence-corrected chi connectivity index (χ1v) is 8.43. The number of aromatic nitrogens is 1. The Kier molecular flexibility index (Phi) is 4.21. The molecule has 1 aliphatic heterocycles. The third kappa shape index (κ3) is 2.75. The maximum Gasteiger partial charge on any atom is 0.107 e. The number of rotatable bonds is 2. The molecule has 2 nitrogen and oxygen atoms in total. The Labute approximate surface area is 110 Å². The summed E-state index contributed by atoms with van der Waals surface area (Å²) in [6.45, 7) is 6.62. The van der Waals surface area contributed by atoms with Crippen LogP contribution in [0.2, 0.25) is 0 Å². The Hall–Kier alpha value is 0.290. The summed E-state index contributed by atoms with van der Waals surface area (Å²) in [6, 6.07) is 0.0580. The van der Waals surface area contributed by atoms with Crippen LogP contribution in [0.3, 0.4) is 0 Å². The van der Waals surface area contributed by atoms with Gasteiger partial charge in [0.15, 0.2) is 0 Å². The van der Waals surface area contributed by atoms with Gasteiger partial charge in [0.05, 0.1) is 10.9 Å². The third-order valence-electron chi connectivity index (χ3n) is 2.83. The molecule has 1 saturated heterocycles. The number of hydrogen-bond donors (Lipinski definition) is 1. The predicted molar refractivity (Wildman–Crippen MR) is 76.4 cm³/mol.